The van der Waals surface area contributed by atoms with Crippen LogP contribution in [-0.4, -0.2) is 10.2 Å². The summed E-state index contributed by atoms with van der Waals surface area (Å²) in [5, 5.41) is 7.18. The maximum absolute atomic E-state index is 13.2. The van der Waals surface area contributed by atoms with Crippen LogP contribution < -0.4 is 0 Å². The summed E-state index contributed by atoms with van der Waals surface area (Å²) < 4.78 is 31.0. The minimum atomic E-state index is -0.883. The molecule has 0 atom stereocenters. The van der Waals surface area contributed by atoms with Crippen molar-refractivity contribution in [1.82, 2.24) is 10.2 Å². The highest BCUT2D eigenvalue weighted by atomic mass is 79.9. The molecule has 0 aliphatic carbocycles. The monoisotopic (exact) mass is 274 g/mol. The van der Waals surface area contributed by atoms with Crippen LogP contribution in [0, 0.1) is 11.6 Å². The normalized spacial score (nSPS) is 10.6. The molecule has 1 heterocycles. The Morgan fingerprint density at radius 1 is 1.27 bits per heavy atom. The third-order valence-corrected chi connectivity index (χ3v) is 2.14. The maximum Gasteiger partial charge on any atom is 0.284 e. The van der Waals surface area contributed by atoms with E-state index < -0.39 is 11.6 Å². The van der Waals surface area contributed by atoms with Crippen LogP contribution >= 0.6 is 15.9 Å². The Kier molecular flexibility index (Phi) is 2.77. The number of aromatic nitrogens is 2. The molecule has 0 saturated heterocycles. The minimum absolute atomic E-state index is 0.0716. The fourth-order valence-corrected chi connectivity index (χ4v) is 1.42. The van der Waals surface area contributed by atoms with E-state index in [9.17, 15) is 8.78 Å². The van der Waals surface area contributed by atoms with Gasteiger partial charge in [-0.05, 0) is 6.07 Å². The first kappa shape index (κ1) is 10.2. The molecule has 2 aromatic rings. The zero-order valence-corrected chi connectivity index (χ0v) is 8.96. The molecular weight excluding hydrogens is 270 g/mol. The molecule has 0 unspecified atom stereocenters. The first-order valence-corrected chi connectivity index (χ1v) is 4.87. The Morgan fingerprint density at radius 2 is 2.07 bits per heavy atom. The van der Waals surface area contributed by atoms with Gasteiger partial charge in [-0.1, -0.05) is 12.1 Å². The van der Waals surface area contributed by atoms with E-state index in [-0.39, 0.29) is 22.7 Å². The van der Waals surface area contributed by atoms with E-state index in [2.05, 4.69) is 26.1 Å². The standard InChI is InChI=1S/C9H5BrF2N2O/c10-9-14-13-7(15-9)4-5-2-1-3-6(11)8(5)12/h1-3H,4H2. The molecule has 0 fully saturated rings. The molecule has 0 aliphatic rings. The second-order valence-corrected chi connectivity index (χ2v) is 3.52. The van der Waals surface area contributed by atoms with Crippen molar-refractivity contribution < 1.29 is 13.2 Å². The lowest BCUT2D eigenvalue weighted by molar-refractivity contribution is 0.468. The van der Waals surface area contributed by atoms with Gasteiger partial charge < -0.3 is 4.42 Å². The van der Waals surface area contributed by atoms with Crippen molar-refractivity contribution in [2.45, 2.75) is 6.42 Å². The van der Waals surface area contributed by atoms with Gasteiger partial charge in [-0.2, -0.15) is 0 Å². The van der Waals surface area contributed by atoms with Crippen LogP contribution in [0.5, 0.6) is 0 Å². The summed E-state index contributed by atoms with van der Waals surface area (Å²) >= 11 is 2.97. The number of nitrogens with zero attached hydrogens (tertiary/aromatic N) is 2. The zero-order chi connectivity index (χ0) is 10.8. The molecule has 78 valence electrons. The first-order chi connectivity index (χ1) is 7.16. The van der Waals surface area contributed by atoms with Crippen molar-refractivity contribution in [3.05, 3.63) is 46.1 Å². The van der Waals surface area contributed by atoms with Crippen LogP contribution in [0.1, 0.15) is 11.5 Å². The van der Waals surface area contributed by atoms with Gasteiger partial charge in [0.25, 0.3) is 4.80 Å². The molecule has 1 aromatic carbocycles. The van der Waals surface area contributed by atoms with E-state index in [0.29, 0.717) is 0 Å². The molecule has 2 rings (SSSR count). The van der Waals surface area contributed by atoms with Crippen LogP contribution in [0.4, 0.5) is 8.78 Å². The Morgan fingerprint density at radius 3 is 2.73 bits per heavy atom. The Labute approximate surface area is 92.3 Å². The summed E-state index contributed by atoms with van der Waals surface area (Å²) in [5.41, 5.74) is 0.186. The zero-order valence-electron chi connectivity index (χ0n) is 7.38. The van der Waals surface area contributed by atoms with Gasteiger partial charge in [0.05, 0.1) is 6.42 Å². The highest BCUT2D eigenvalue weighted by Gasteiger charge is 2.11. The van der Waals surface area contributed by atoms with Crippen molar-refractivity contribution in [2.75, 3.05) is 0 Å². The topological polar surface area (TPSA) is 38.9 Å². The predicted octanol–water partition coefficient (Wildman–Crippen LogP) is 2.70. The molecule has 0 spiro atoms. The van der Waals surface area contributed by atoms with Crippen molar-refractivity contribution in [2.24, 2.45) is 0 Å². The van der Waals surface area contributed by atoms with Gasteiger partial charge in [-0.25, -0.2) is 8.78 Å². The van der Waals surface area contributed by atoms with E-state index in [0.717, 1.165) is 6.07 Å². The van der Waals surface area contributed by atoms with Gasteiger partial charge in [0.1, 0.15) is 0 Å². The SMILES string of the molecule is Fc1cccc(Cc2nnc(Br)o2)c1F. The molecule has 6 heteroatoms. The summed E-state index contributed by atoms with van der Waals surface area (Å²) in [6.45, 7) is 0. The largest absolute Gasteiger partial charge is 0.415 e. The van der Waals surface area contributed by atoms with Gasteiger partial charge in [0, 0.05) is 21.5 Å². The van der Waals surface area contributed by atoms with E-state index in [1.807, 2.05) is 0 Å². The van der Waals surface area contributed by atoms with Crippen molar-refractivity contribution in [1.29, 1.82) is 0 Å². The number of hydrogen-bond donors (Lipinski definition) is 0. The molecule has 1 aromatic heterocycles. The molecule has 0 N–H and O–H groups in total. The van der Waals surface area contributed by atoms with Crippen LogP contribution in [0.2, 0.25) is 0 Å². The summed E-state index contributed by atoms with van der Waals surface area (Å²) in [6, 6.07) is 3.96. The average Bonchev–Trinajstić information content (AvgIpc) is 2.59. The Bertz CT molecular complexity index is 487. The van der Waals surface area contributed by atoms with E-state index in [4.69, 9.17) is 4.42 Å². The highest BCUT2D eigenvalue weighted by molar-refractivity contribution is 9.10. The highest BCUT2D eigenvalue weighted by Crippen LogP contribution is 2.16. The fourth-order valence-electron chi connectivity index (χ4n) is 1.15. The van der Waals surface area contributed by atoms with E-state index in [1.165, 1.54) is 12.1 Å². The predicted molar refractivity (Wildman–Crippen MR) is 51.2 cm³/mol. The molecule has 0 radical (unpaired) electrons. The number of hydrogen-bond acceptors (Lipinski definition) is 3. The average molecular weight is 275 g/mol. The van der Waals surface area contributed by atoms with Crippen LogP contribution in [0.15, 0.2) is 27.4 Å². The summed E-state index contributed by atoms with van der Waals surface area (Å²) in [6.07, 6.45) is 0.0716. The lowest BCUT2D eigenvalue weighted by Crippen LogP contribution is -1.95. The van der Waals surface area contributed by atoms with E-state index in [1.54, 1.807) is 0 Å². The van der Waals surface area contributed by atoms with Crippen LogP contribution in [-0.2, 0) is 6.42 Å². The summed E-state index contributed by atoms with van der Waals surface area (Å²) in [4.78, 5) is 0.217. The quantitative estimate of drug-likeness (QED) is 0.845. The molecule has 0 amide bonds. The molecule has 0 aliphatic heterocycles. The first-order valence-electron chi connectivity index (χ1n) is 4.07. The van der Waals surface area contributed by atoms with Crippen molar-refractivity contribution >= 4 is 15.9 Å². The number of halogens is 3. The van der Waals surface area contributed by atoms with Crippen molar-refractivity contribution in [3.8, 4) is 0 Å². The van der Waals surface area contributed by atoms with Crippen LogP contribution in [0.3, 0.4) is 0 Å². The van der Waals surface area contributed by atoms with Gasteiger partial charge in [-0.3, -0.25) is 0 Å². The smallest absolute Gasteiger partial charge is 0.284 e. The lowest BCUT2D eigenvalue weighted by atomic mass is 10.1. The molecule has 3 nitrogen and oxygen atoms in total. The third-order valence-electron chi connectivity index (χ3n) is 1.82. The third kappa shape index (κ3) is 2.20. The van der Waals surface area contributed by atoms with E-state index >= 15 is 0 Å². The van der Waals surface area contributed by atoms with Crippen LogP contribution in [0.25, 0.3) is 0 Å². The Hall–Kier alpha value is -1.30. The fraction of sp³-hybridized carbons (Fsp3) is 0.111. The van der Waals surface area contributed by atoms with Gasteiger partial charge >= 0.3 is 0 Å². The molecule has 0 bridgehead atoms. The van der Waals surface area contributed by atoms with Crippen molar-refractivity contribution in [3.63, 3.8) is 0 Å². The van der Waals surface area contributed by atoms with Gasteiger partial charge in [0.15, 0.2) is 11.6 Å². The second kappa shape index (κ2) is 4.06. The maximum atomic E-state index is 13.2. The number of rotatable bonds is 2. The Balaban J connectivity index is 2.28. The second-order valence-electron chi connectivity index (χ2n) is 2.84. The summed E-state index contributed by atoms with van der Waals surface area (Å²) in [5.74, 6) is -1.54. The lowest BCUT2D eigenvalue weighted by Gasteiger charge is -1.99. The summed E-state index contributed by atoms with van der Waals surface area (Å²) in [7, 11) is 0. The molecule has 15 heavy (non-hydrogen) atoms. The molecule has 0 saturated carbocycles. The molecular formula is C9H5BrF2N2O. The number of benzene rings is 1. The van der Waals surface area contributed by atoms with Gasteiger partial charge in [0.2, 0.25) is 5.89 Å². The minimum Gasteiger partial charge on any atom is -0.415 e. The van der Waals surface area contributed by atoms with Gasteiger partial charge in [-0.15, -0.1) is 10.2 Å².